The Morgan fingerprint density at radius 2 is 1.79 bits per heavy atom. The van der Waals surface area contributed by atoms with Crippen LogP contribution in [0.25, 0.3) is 0 Å². The number of alkyl halides is 6. The van der Waals surface area contributed by atoms with E-state index < -0.39 is 47.8 Å². The maximum atomic E-state index is 13.5. The van der Waals surface area contributed by atoms with E-state index in [0.717, 1.165) is 25.0 Å². The van der Waals surface area contributed by atoms with Crippen molar-refractivity contribution in [2.75, 3.05) is 11.4 Å². The van der Waals surface area contributed by atoms with Gasteiger partial charge in [-0.3, -0.25) is 4.79 Å². The van der Waals surface area contributed by atoms with E-state index in [9.17, 15) is 36.2 Å². The van der Waals surface area contributed by atoms with Gasteiger partial charge in [-0.15, -0.1) is 0 Å². The number of hydrogen-bond donors (Lipinski definition) is 4. The highest BCUT2D eigenvalue weighted by Crippen LogP contribution is 2.40. The lowest BCUT2D eigenvalue weighted by Crippen LogP contribution is -2.85. The second kappa shape index (κ2) is 11.8. The van der Waals surface area contributed by atoms with Crippen molar-refractivity contribution in [2.24, 2.45) is 0 Å². The van der Waals surface area contributed by atoms with Crippen LogP contribution in [0, 0.1) is 0 Å². The van der Waals surface area contributed by atoms with E-state index in [1.807, 2.05) is 5.32 Å². The Bertz CT molecular complexity index is 1310. The molecule has 0 aliphatic carbocycles. The number of nitrogens with zero attached hydrogens (tertiary/aromatic N) is 2. The molecule has 4 rings (SSSR count). The largest absolute Gasteiger partial charge is 0.472 e. The number of pyridine rings is 1. The standard InChI is InChI=1S/C27H29ClF6N4O4/c1-25(2,42-20-7-4-15(28)9-19(20)26(29,30)31)24(41)37-16-10-17-5-6-18(11-16)38(17)22-8-3-14(12-35-22)23(40)36-13-21(39)27(32,33)34/h3-4,7-9,12,16-18,21,39H,5-6,10-11,13H2,1-2H3,(H,36,40)(H,37,41)/p+1. The molecule has 3 heterocycles. The van der Waals surface area contributed by atoms with Crippen molar-refractivity contribution >= 4 is 29.2 Å². The fourth-order valence-corrected chi connectivity index (χ4v) is 5.42. The number of carbonyl (C=O) groups is 1. The molecule has 0 spiro atoms. The van der Waals surface area contributed by atoms with Gasteiger partial charge in [0.15, 0.2) is 12.1 Å². The van der Waals surface area contributed by atoms with Gasteiger partial charge in [0.2, 0.25) is 5.60 Å². The molecule has 1 aromatic heterocycles. The summed E-state index contributed by atoms with van der Waals surface area (Å²) >= 11 is 5.74. The lowest BCUT2D eigenvalue weighted by Gasteiger charge is -2.37. The number of nitrogens with one attached hydrogen (secondary N) is 2. The van der Waals surface area contributed by atoms with E-state index in [-0.39, 0.29) is 34.6 Å². The molecule has 4 N–H and O–H groups in total. The Morgan fingerprint density at radius 1 is 1.14 bits per heavy atom. The van der Waals surface area contributed by atoms with Crippen LogP contribution in [-0.4, -0.2) is 69.6 Å². The predicted octanol–water partition coefficient (Wildman–Crippen LogP) is 3.80. The molecule has 2 aromatic rings. The van der Waals surface area contributed by atoms with Gasteiger partial charge in [0, 0.05) is 36.1 Å². The minimum absolute atomic E-state index is 0.0142. The van der Waals surface area contributed by atoms with Crippen molar-refractivity contribution in [3.63, 3.8) is 0 Å². The third-order valence-corrected chi connectivity index (χ3v) is 7.60. The van der Waals surface area contributed by atoms with E-state index in [0.29, 0.717) is 18.7 Å². The van der Waals surface area contributed by atoms with Crippen LogP contribution in [0.2, 0.25) is 5.02 Å². The average Bonchev–Trinajstić information content (AvgIpc) is 3.16. The van der Waals surface area contributed by atoms with Gasteiger partial charge in [-0.25, -0.2) is 9.98 Å². The summed E-state index contributed by atoms with van der Waals surface area (Å²) in [6.45, 7) is 1.90. The first-order valence-electron chi connectivity index (χ1n) is 13.1. The van der Waals surface area contributed by atoms with Gasteiger partial charge < -0.3 is 25.2 Å². The fourth-order valence-electron chi connectivity index (χ4n) is 5.25. The summed E-state index contributed by atoms with van der Waals surface area (Å²) < 4.78 is 83.5. The molecule has 1 amide bonds. The van der Waals surface area contributed by atoms with Crippen LogP contribution in [0.15, 0.2) is 36.5 Å². The summed E-state index contributed by atoms with van der Waals surface area (Å²) in [4.78, 5) is 21.6. The van der Waals surface area contributed by atoms with E-state index >= 15 is 0 Å². The summed E-state index contributed by atoms with van der Waals surface area (Å²) in [6, 6.07) is 5.99. The normalized spacial score (nSPS) is 22.2. The minimum atomic E-state index is -4.85. The molecule has 8 nitrogen and oxygen atoms in total. The number of ether oxygens (including phenoxy) is 1. The van der Waals surface area contributed by atoms with Gasteiger partial charge in [-0.2, -0.15) is 26.3 Å². The van der Waals surface area contributed by atoms with Gasteiger partial charge >= 0.3 is 18.3 Å². The van der Waals surface area contributed by atoms with Crippen molar-refractivity contribution in [1.29, 1.82) is 0 Å². The number of aliphatic hydroxyl groups is 2. The van der Waals surface area contributed by atoms with Crippen LogP contribution in [0.5, 0.6) is 5.75 Å². The number of amides is 1. The van der Waals surface area contributed by atoms with Gasteiger partial charge in [-0.1, -0.05) is 11.6 Å². The molecule has 42 heavy (non-hydrogen) atoms. The fraction of sp³-hybridized carbons (Fsp3) is 0.519. The maximum absolute atomic E-state index is 13.5. The molecular formula is C27H30ClF6N4O4+. The molecule has 2 aliphatic rings. The summed E-state index contributed by atoms with van der Waals surface area (Å²) in [7, 11) is 0. The third kappa shape index (κ3) is 7.20. The molecule has 15 heteroatoms. The Labute approximate surface area is 242 Å². The molecule has 2 fully saturated rings. The molecule has 3 unspecified atom stereocenters. The second-order valence-electron chi connectivity index (χ2n) is 10.9. The first-order chi connectivity index (χ1) is 19.5. The van der Waals surface area contributed by atoms with Gasteiger partial charge in [0.05, 0.1) is 17.7 Å². The van der Waals surface area contributed by atoms with Crippen LogP contribution in [0.4, 0.5) is 32.2 Å². The van der Waals surface area contributed by atoms with Gasteiger partial charge in [0.25, 0.3) is 5.91 Å². The zero-order valence-electron chi connectivity index (χ0n) is 22.6. The Balaban J connectivity index is 1.41. The van der Waals surface area contributed by atoms with E-state index in [4.69, 9.17) is 21.4 Å². The lowest BCUT2D eigenvalue weighted by molar-refractivity contribution is -0.520. The highest BCUT2D eigenvalue weighted by atomic mass is 35.5. The van der Waals surface area contributed by atoms with E-state index in [1.165, 1.54) is 32.2 Å². The molecular weight excluding hydrogens is 594 g/mol. The molecule has 0 saturated carbocycles. The third-order valence-electron chi connectivity index (χ3n) is 7.36. The Morgan fingerprint density at radius 3 is 2.33 bits per heavy atom. The molecule has 0 radical (unpaired) electrons. The molecule has 2 aliphatic heterocycles. The monoisotopic (exact) mass is 623 g/mol. The van der Waals surface area contributed by atoms with Crippen molar-refractivity contribution in [3.8, 4) is 5.75 Å². The molecule has 2 saturated heterocycles. The van der Waals surface area contributed by atoms with E-state index in [1.54, 1.807) is 6.07 Å². The Kier molecular flexibility index (Phi) is 8.89. The Hall–Kier alpha value is -3.26. The summed E-state index contributed by atoms with van der Waals surface area (Å²) in [5.74, 6) is -1.03. The van der Waals surface area contributed by atoms with Crippen LogP contribution in [0.3, 0.4) is 0 Å². The lowest BCUT2D eigenvalue weighted by atomic mass is 9.97. The van der Waals surface area contributed by atoms with Crippen LogP contribution < -0.4 is 19.9 Å². The highest BCUT2D eigenvalue weighted by Gasteiger charge is 2.45. The van der Waals surface area contributed by atoms with Crippen molar-refractivity contribution in [3.05, 3.63) is 52.7 Å². The van der Waals surface area contributed by atoms with Crippen molar-refractivity contribution < 1.29 is 51.1 Å². The number of hydrogen-bond acceptors (Lipinski definition) is 5. The smallest absolute Gasteiger partial charge is 0.420 e. The number of rotatable bonds is 8. The zero-order chi connectivity index (χ0) is 31.0. The quantitative estimate of drug-likeness (QED) is 0.202. The van der Waals surface area contributed by atoms with Crippen molar-refractivity contribution in [1.82, 2.24) is 10.3 Å². The first kappa shape index (κ1) is 31.7. The first-order valence-corrected chi connectivity index (χ1v) is 13.5. The molecule has 2 bridgehead atoms. The topological polar surface area (TPSA) is 109 Å². The second-order valence-corrected chi connectivity index (χ2v) is 11.3. The summed E-state index contributed by atoms with van der Waals surface area (Å²) in [5, 5.41) is 21.8. The zero-order valence-corrected chi connectivity index (χ0v) is 23.3. The van der Waals surface area contributed by atoms with Gasteiger partial charge in [0.1, 0.15) is 11.6 Å². The number of aromatic nitrogens is 1. The van der Waals surface area contributed by atoms with Gasteiger partial charge in [-0.05, 0) is 57.0 Å². The number of benzene rings is 1. The average molecular weight is 624 g/mol. The number of anilines is 1. The SMILES string of the molecule is CC(C)(Oc1ccc(Cl)cc1C(F)(F)F)C(O)=[NH+]C1CC2CCC(C1)N2c1ccc(C(=O)NCC(O)C(F)(F)F)cn1. The number of fused-ring (bicyclic) bond motifs is 2. The number of halogens is 7. The van der Waals surface area contributed by atoms with Crippen LogP contribution in [-0.2, 0) is 6.18 Å². The van der Waals surface area contributed by atoms with Crippen molar-refractivity contribution in [2.45, 2.75) is 81.7 Å². The number of piperidine rings is 1. The predicted molar refractivity (Wildman–Crippen MR) is 141 cm³/mol. The van der Waals surface area contributed by atoms with Crippen LogP contribution >= 0.6 is 11.6 Å². The summed E-state index contributed by atoms with van der Waals surface area (Å²) in [6.07, 6.45) is -8.19. The maximum Gasteiger partial charge on any atom is 0.420 e. The molecule has 230 valence electrons. The number of carbonyl (C=O) groups excluding carboxylic acids is 1. The minimum Gasteiger partial charge on any atom is -0.472 e. The molecule has 3 atom stereocenters. The summed E-state index contributed by atoms with van der Waals surface area (Å²) in [5.41, 5.74) is -2.54. The van der Waals surface area contributed by atoms with Crippen LogP contribution in [0.1, 0.15) is 55.5 Å². The highest BCUT2D eigenvalue weighted by molar-refractivity contribution is 6.30. The number of aliphatic hydroxyl groups excluding tert-OH is 2. The van der Waals surface area contributed by atoms with E-state index in [2.05, 4.69) is 14.9 Å². The molecule has 1 aromatic carbocycles.